The van der Waals surface area contributed by atoms with Crippen LogP contribution in [0.25, 0.3) is 0 Å². The van der Waals surface area contributed by atoms with Gasteiger partial charge in [0.05, 0.1) is 11.6 Å². The standard InChI is InChI=1S/C20H22ClNO3.ClH/c1-3-24-20(23)25-19-12-16-15(11-18(19)21)9-10-22(2)13-17(16)14-7-5-4-6-8-14;/h4-8,11-12,17H,3,9-10,13H2,1-2H3;1H/t17-;/m0./s1. The van der Waals surface area contributed by atoms with Crippen molar-refractivity contribution in [2.24, 2.45) is 0 Å². The molecule has 4 nitrogen and oxygen atoms in total. The van der Waals surface area contributed by atoms with E-state index in [4.69, 9.17) is 21.1 Å². The van der Waals surface area contributed by atoms with Gasteiger partial charge in [-0.1, -0.05) is 41.9 Å². The van der Waals surface area contributed by atoms with Gasteiger partial charge in [0.15, 0.2) is 5.75 Å². The molecule has 0 amide bonds. The number of fused-ring (bicyclic) bond motifs is 1. The van der Waals surface area contributed by atoms with E-state index in [1.165, 1.54) is 11.1 Å². The van der Waals surface area contributed by atoms with Gasteiger partial charge in [-0.25, -0.2) is 4.79 Å². The zero-order valence-corrected chi connectivity index (χ0v) is 16.5. The fourth-order valence-electron chi connectivity index (χ4n) is 3.25. The average molecular weight is 396 g/mol. The van der Waals surface area contributed by atoms with E-state index in [1.807, 2.05) is 30.3 Å². The molecule has 0 saturated carbocycles. The molecule has 0 spiro atoms. The molecule has 1 heterocycles. The summed E-state index contributed by atoms with van der Waals surface area (Å²) < 4.78 is 10.2. The maximum Gasteiger partial charge on any atom is 0.513 e. The van der Waals surface area contributed by atoms with Crippen LogP contribution in [0.3, 0.4) is 0 Å². The zero-order valence-electron chi connectivity index (χ0n) is 14.9. The van der Waals surface area contributed by atoms with Gasteiger partial charge >= 0.3 is 6.16 Å². The lowest BCUT2D eigenvalue weighted by Gasteiger charge is -2.22. The van der Waals surface area contributed by atoms with E-state index in [9.17, 15) is 4.79 Å². The van der Waals surface area contributed by atoms with E-state index in [0.717, 1.165) is 25.1 Å². The maximum atomic E-state index is 11.7. The largest absolute Gasteiger partial charge is 0.513 e. The Bertz CT molecular complexity index is 752. The minimum Gasteiger partial charge on any atom is -0.434 e. The highest BCUT2D eigenvalue weighted by Crippen LogP contribution is 2.37. The van der Waals surface area contributed by atoms with Gasteiger partial charge in [-0.3, -0.25) is 0 Å². The Balaban J connectivity index is 0.00000243. The average Bonchev–Trinajstić information content (AvgIpc) is 2.76. The van der Waals surface area contributed by atoms with Crippen LogP contribution in [0.4, 0.5) is 4.79 Å². The highest BCUT2D eigenvalue weighted by molar-refractivity contribution is 6.32. The molecule has 0 aromatic heterocycles. The molecule has 1 aliphatic rings. The Morgan fingerprint density at radius 2 is 2.00 bits per heavy atom. The van der Waals surface area contributed by atoms with Crippen LogP contribution in [-0.4, -0.2) is 37.8 Å². The summed E-state index contributed by atoms with van der Waals surface area (Å²) in [4.78, 5) is 14.0. The molecule has 140 valence electrons. The van der Waals surface area contributed by atoms with Gasteiger partial charge in [0.1, 0.15) is 0 Å². The van der Waals surface area contributed by atoms with Gasteiger partial charge in [0.2, 0.25) is 0 Å². The van der Waals surface area contributed by atoms with Crippen LogP contribution in [0.15, 0.2) is 42.5 Å². The van der Waals surface area contributed by atoms with E-state index in [-0.39, 0.29) is 24.9 Å². The molecule has 0 bridgehead atoms. The molecule has 0 unspecified atom stereocenters. The second kappa shape index (κ2) is 9.26. The minimum atomic E-state index is -0.730. The number of rotatable bonds is 3. The number of carbonyl (C=O) groups is 1. The van der Waals surface area contributed by atoms with Crippen LogP contribution in [-0.2, 0) is 11.2 Å². The smallest absolute Gasteiger partial charge is 0.434 e. The van der Waals surface area contributed by atoms with E-state index in [0.29, 0.717) is 10.8 Å². The van der Waals surface area contributed by atoms with E-state index in [1.54, 1.807) is 6.92 Å². The van der Waals surface area contributed by atoms with Gasteiger partial charge in [0.25, 0.3) is 0 Å². The van der Waals surface area contributed by atoms with Gasteiger partial charge in [-0.05, 0) is 49.2 Å². The first kappa shape index (κ1) is 20.6. The SMILES string of the molecule is CCOC(=O)Oc1cc2c(cc1Cl)CCN(C)C[C@H]2c1ccccc1.Cl. The number of halogens is 2. The minimum absolute atomic E-state index is 0. The van der Waals surface area contributed by atoms with Crippen LogP contribution < -0.4 is 4.74 Å². The van der Waals surface area contributed by atoms with Gasteiger partial charge < -0.3 is 14.4 Å². The molecule has 2 aromatic carbocycles. The van der Waals surface area contributed by atoms with Crippen molar-refractivity contribution in [2.75, 3.05) is 26.7 Å². The predicted molar refractivity (Wildman–Crippen MR) is 106 cm³/mol. The predicted octanol–water partition coefficient (Wildman–Crippen LogP) is 4.92. The van der Waals surface area contributed by atoms with Crippen molar-refractivity contribution in [2.45, 2.75) is 19.3 Å². The van der Waals surface area contributed by atoms with Crippen molar-refractivity contribution in [3.8, 4) is 5.75 Å². The lowest BCUT2D eigenvalue weighted by molar-refractivity contribution is 0.104. The van der Waals surface area contributed by atoms with Crippen molar-refractivity contribution in [1.82, 2.24) is 4.90 Å². The first-order valence-corrected chi connectivity index (χ1v) is 8.86. The van der Waals surface area contributed by atoms with Gasteiger partial charge in [-0.15, -0.1) is 12.4 Å². The lowest BCUT2D eigenvalue weighted by Crippen LogP contribution is -2.24. The quantitative estimate of drug-likeness (QED) is 0.546. The summed E-state index contributed by atoms with van der Waals surface area (Å²) >= 11 is 6.34. The second-order valence-corrected chi connectivity index (χ2v) is 6.65. The highest BCUT2D eigenvalue weighted by atomic mass is 35.5. The van der Waals surface area contributed by atoms with E-state index < -0.39 is 6.16 Å². The number of ether oxygens (including phenoxy) is 2. The fourth-order valence-corrected chi connectivity index (χ4v) is 3.47. The molecule has 1 aliphatic heterocycles. The Hall–Kier alpha value is -1.75. The van der Waals surface area contributed by atoms with Crippen molar-refractivity contribution >= 4 is 30.2 Å². The van der Waals surface area contributed by atoms with Crippen LogP contribution in [0.1, 0.15) is 29.5 Å². The van der Waals surface area contributed by atoms with Crippen molar-refractivity contribution < 1.29 is 14.3 Å². The summed E-state index contributed by atoms with van der Waals surface area (Å²) in [6.07, 6.45) is 0.181. The Kier molecular flexibility index (Phi) is 7.33. The Morgan fingerprint density at radius 3 is 2.69 bits per heavy atom. The lowest BCUT2D eigenvalue weighted by atomic mass is 9.88. The van der Waals surface area contributed by atoms with Crippen molar-refractivity contribution in [1.29, 1.82) is 0 Å². The third-order valence-corrected chi connectivity index (χ3v) is 4.78. The van der Waals surface area contributed by atoms with E-state index in [2.05, 4.69) is 24.1 Å². The van der Waals surface area contributed by atoms with Crippen LogP contribution in [0, 0.1) is 0 Å². The normalized spacial score (nSPS) is 16.8. The molecule has 26 heavy (non-hydrogen) atoms. The summed E-state index contributed by atoms with van der Waals surface area (Å²) in [5, 5.41) is 0.433. The third kappa shape index (κ3) is 4.70. The van der Waals surface area contributed by atoms with Crippen LogP contribution >= 0.6 is 24.0 Å². The summed E-state index contributed by atoms with van der Waals surface area (Å²) in [7, 11) is 2.12. The monoisotopic (exact) mass is 395 g/mol. The Morgan fingerprint density at radius 1 is 1.27 bits per heavy atom. The molecule has 6 heteroatoms. The molecule has 0 saturated heterocycles. The molecular formula is C20H23Cl2NO3. The summed E-state index contributed by atoms with van der Waals surface area (Å²) in [5.41, 5.74) is 3.58. The zero-order chi connectivity index (χ0) is 17.8. The molecule has 0 fully saturated rings. The number of hydrogen-bond donors (Lipinski definition) is 0. The number of likely N-dealkylation sites (N-methyl/N-ethyl adjacent to an activating group) is 1. The molecule has 0 radical (unpaired) electrons. The maximum absolute atomic E-state index is 11.7. The molecule has 1 atom stereocenters. The van der Waals surface area contributed by atoms with Crippen molar-refractivity contribution in [3.63, 3.8) is 0 Å². The molecule has 0 aliphatic carbocycles. The third-order valence-electron chi connectivity index (χ3n) is 4.48. The number of carbonyl (C=O) groups excluding carboxylic acids is 1. The summed E-state index contributed by atoms with van der Waals surface area (Å²) in [5.74, 6) is 0.551. The summed E-state index contributed by atoms with van der Waals surface area (Å²) in [6, 6.07) is 14.2. The molecule has 0 N–H and O–H groups in total. The van der Waals surface area contributed by atoms with Crippen LogP contribution in [0.5, 0.6) is 5.75 Å². The van der Waals surface area contributed by atoms with Gasteiger partial charge in [0, 0.05) is 19.0 Å². The fraction of sp³-hybridized carbons (Fsp3) is 0.350. The van der Waals surface area contributed by atoms with E-state index >= 15 is 0 Å². The molecule has 2 aromatic rings. The number of nitrogens with zero attached hydrogens (tertiary/aromatic N) is 1. The number of hydrogen-bond acceptors (Lipinski definition) is 4. The Labute approximate surface area is 165 Å². The highest BCUT2D eigenvalue weighted by Gasteiger charge is 2.25. The first-order chi connectivity index (χ1) is 12.1. The number of benzene rings is 2. The van der Waals surface area contributed by atoms with Crippen LogP contribution in [0.2, 0.25) is 5.02 Å². The first-order valence-electron chi connectivity index (χ1n) is 8.49. The second-order valence-electron chi connectivity index (χ2n) is 6.24. The van der Waals surface area contributed by atoms with Crippen molar-refractivity contribution in [3.05, 3.63) is 64.2 Å². The summed E-state index contributed by atoms with van der Waals surface area (Å²) in [6.45, 7) is 3.86. The van der Waals surface area contributed by atoms with Gasteiger partial charge in [-0.2, -0.15) is 0 Å². The molecular weight excluding hydrogens is 373 g/mol. The topological polar surface area (TPSA) is 38.8 Å². The molecule has 3 rings (SSSR count).